The summed E-state index contributed by atoms with van der Waals surface area (Å²) >= 11 is 0. The fourth-order valence-electron chi connectivity index (χ4n) is 2.49. The van der Waals surface area contributed by atoms with E-state index in [-0.39, 0.29) is 0 Å². The van der Waals surface area contributed by atoms with Crippen LogP contribution in [0.15, 0.2) is 30.3 Å². The van der Waals surface area contributed by atoms with Gasteiger partial charge in [-0.25, -0.2) is 0 Å². The van der Waals surface area contributed by atoms with E-state index in [9.17, 15) is 0 Å². The lowest BCUT2D eigenvalue weighted by atomic mass is 10.1. The van der Waals surface area contributed by atoms with Crippen LogP contribution < -0.4 is 10.6 Å². The Morgan fingerprint density at radius 2 is 1.86 bits per heavy atom. The predicted molar refractivity (Wildman–Crippen MR) is 90.5 cm³/mol. The number of aryl methyl sites for hydroxylation is 1. The molecule has 0 radical (unpaired) electrons. The predicted octanol–water partition coefficient (Wildman–Crippen LogP) is 3.27. The van der Waals surface area contributed by atoms with Crippen molar-refractivity contribution in [2.24, 2.45) is 5.92 Å². The van der Waals surface area contributed by atoms with Crippen molar-refractivity contribution in [2.75, 3.05) is 19.6 Å². The normalized spacial score (nSPS) is 11.4. The van der Waals surface area contributed by atoms with Crippen LogP contribution in [-0.4, -0.2) is 24.6 Å². The molecule has 2 aromatic rings. The first-order valence-corrected chi connectivity index (χ1v) is 7.93. The number of nitrogens with zero attached hydrogens (tertiary/aromatic N) is 1. The van der Waals surface area contributed by atoms with E-state index in [0.29, 0.717) is 0 Å². The van der Waals surface area contributed by atoms with Crippen LogP contribution in [0, 0.1) is 12.8 Å². The van der Waals surface area contributed by atoms with E-state index >= 15 is 0 Å². The molecule has 1 heterocycles. The summed E-state index contributed by atoms with van der Waals surface area (Å²) in [7, 11) is 0. The van der Waals surface area contributed by atoms with E-state index in [1.54, 1.807) is 0 Å². The summed E-state index contributed by atoms with van der Waals surface area (Å²) in [4.78, 5) is 4.58. The molecule has 1 aromatic carbocycles. The fourth-order valence-corrected chi connectivity index (χ4v) is 2.49. The minimum absolute atomic E-state index is 0.726. The van der Waals surface area contributed by atoms with Gasteiger partial charge in [0.25, 0.3) is 0 Å². The van der Waals surface area contributed by atoms with Crippen LogP contribution in [0.4, 0.5) is 0 Å². The highest BCUT2D eigenvalue weighted by Gasteiger charge is 2.03. The van der Waals surface area contributed by atoms with E-state index in [4.69, 9.17) is 0 Å². The standard InChI is InChI=1S/C18H27N3/c1-14(2)12-19-9-6-10-20-13-16-11-15(3)21-18-8-5-4-7-17(16)18/h4-5,7-8,11,14,19-20H,6,9-10,12-13H2,1-3H3. The van der Waals surface area contributed by atoms with Crippen LogP contribution in [0.1, 0.15) is 31.5 Å². The SMILES string of the molecule is Cc1cc(CNCCCNCC(C)C)c2ccccc2n1. The molecule has 0 aliphatic heterocycles. The Morgan fingerprint density at radius 3 is 2.67 bits per heavy atom. The topological polar surface area (TPSA) is 37.0 Å². The molecule has 0 bridgehead atoms. The number of fused-ring (bicyclic) bond motifs is 1. The highest BCUT2D eigenvalue weighted by Crippen LogP contribution is 2.17. The molecule has 0 fully saturated rings. The second-order valence-electron chi connectivity index (χ2n) is 6.07. The van der Waals surface area contributed by atoms with Crippen molar-refractivity contribution in [3.63, 3.8) is 0 Å². The summed E-state index contributed by atoms with van der Waals surface area (Å²) in [6.45, 7) is 10.7. The zero-order valence-corrected chi connectivity index (χ0v) is 13.4. The van der Waals surface area contributed by atoms with Crippen molar-refractivity contribution in [2.45, 2.75) is 33.7 Å². The molecule has 21 heavy (non-hydrogen) atoms. The van der Waals surface area contributed by atoms with E-state index in [0.717, 1.165) is 49.7 Å². The van der Waals surface area contributed by atoms with Crippen LogP contribution in [0.25, 0.3) is 10.9 Å². The molecule has 3 heteroatoms. The van der Waals surface area contributed by atoms with Crippen molar-refractivity contribution in [3.8, 4) is 0 Å². The Labute approximate surface area is 128 Å². The van der Waals surface area contributed by atoms with E-state index < -0.39 is 0 Å². The lowest BCUT2D eigenvalue weighted by Crippen LogP contribution is -2.24. The molecule has 0 amide bonds. The van der Waals surface area contributed by atoms with Crippen LogP contribution in [0.3, 0.4) is 0 Å². The average Bonchev–Trinajstić information content (AvgIpc) is 2.45. The van der Waals surface area contributed by atoms with Gasteiger partial charge in [0.15, 0.2) is 0 Å². The quantitative estimate of drug-likeness (QED) is 0.731. The first-order valence-electron chi connectivity index (χ1n) is 7.93. The van der Waals surface area contributed by atoms with E-state index in [1.165, 1.54) is 10.9 Å². The molecule has 2 rings (SSSR count). The van der Waals surface area contributed by atoms with E-state index in [2.05, 4.69) is 60.7 Å². The number of rotatable bonds is 8. The van der Waals surface area contributed by atoms with Crippen molar-refractivity contribution < 1.29 is 0 Å². The van der Waals surface area contributed by atoms with Gasteiger partial charge < -0.3 is 10.6 Å². The maximum atomic E-state index is 4.58. The first-order chi connectivity index (χ1) is 10.2. The van der Waals surface area contributed by atoms with E-state index in [1.807, 2.05) is 6.07 Å². The number of nitrogens with one attached hydrogen (secondary N) is 2. The third-order valence-electron chi connectivity index (χ3n) is 3.51. The second-order valence-corrected chi connectivity index (χ2v) is 6.07. The molecule has 2 N–H and O–H groups in total. The van der Waals surface area contributed by atoms with Crippen molar-refractivity contribution in [1.29, 1.82) is 0 Å². The Balaban J connectivity index is 1.81. The summed E-state index contributed by atoms with van der Waals surface area (Å²) in [6.07, 6.45) is 1.16. The summed E-state index contributed by atoms with van der Waals surface area (Å²) in [6, 6.07) is 10.6. The van der Waals surface area contributed by atoms with Gasteiger partial charge in [0.1, 0.15) is 0 Å². The number of hydrogen-bond acceptors (Lipinski definition) is 3. The largest absolute Gasteiger partial charge is 0.316 e. The lowest BCUT2D eigenvalue weighted by molar-refractivity contribution is 0.530. The van der Waals surface area contributed by atoms with Gasteiger partial charge in [0, 0.05) is 17.6 Å². The van der Waals surface area contributed by atoms with Crippen LogP contribution in [-0.2, 0) is 6.54 Å². The fraction of sp³-hybridized carbons (Fsp3) is 0.500. The summed E-state index contributed by atoms with van der Waals surface area (Å²) in [5.74, 6) is 0.726. The monoisotopic (exact) mass is 285 g/mol. The lowest BCUT2D eigenvalue weighted by Gasteiger charge is -2.10. The molecule has 0 spiro atoms. The molecule has 0 unspecified atom stereocenters. The number of hydrogen-bond donors (Lipinski definition) is 2. The maximum absolute atomic E-state index is 4.58. The number of aromatic nitrogens is 1. The molecule has 0 saturated heterocycles. The zero-order valence-electron chi connectivity index (χ0n) is 13.4. The third kappa shape index (κ3) is 5.10. The molecule has 0 saturated carbocycles. The average molecular weight is 285 g/mol. The van der Waals surface area contributed by atoms with Crippen molar-refractivity contribution in [1.82, 2.24) is 15.6 Å². The van der Waals surface area contributed by atoms with Gasteiger partial charge in [-0.3, -0.25) is 4.98 Å². The highest BCUT2D eigenvalue weighted by atomic mass is 14.9. The minimum Gasteiger partial charge on any atom is -0.316 e. The Morgan fingerprint density at radius 1 is 1.10 bits per heavy atom. The minimum atomic E-state index is 0.726. The number of pyridine rings is 1. The Hall–Kier alpha value is -1.45. The molecule has 3 nitrogen and oxygen atoms in total. The van der Waals surface area contributed by atoms with Crippen LogP contribution in [0.5, 0.6) is 0 Å². The van der Waals surface area contributed by atoms with Crippen molar-refractivity contribution in [3.05, 3.63) is 41.6 Å². The third-order valence-corrected chi connectivity index (χ3v) is 3.51. The maximum Gasteiger partial charge on any atom is 0.0708 e. The smallest absolute Gasteiger partial charge is 0.0708 e. The zero-order chi connectivity index (χ0) is 15.1. The summed E-state index contributed by atoms with van der Waals surface area (Å²) < 4.78 is 0. The van der Waals surface area contributed by atoms with Crippen LogP contribution >= 0.6 is 0 Å². The molecule has 0 aliphatic carbocycles. The number of para-hydroxylation sites is 1. The van der Waals surface area contributed by atoms with Gasteiger partial charge in [0.2, 0.25) is 0 Å². The number of benzene rings is 1. The summed E-state index contributed by atoms with van der Waals surface area (Å²) in [5.41, 5.74) is 3.52. The van der Waals surface area contributed by atoms with Gasteiger partial charge in [-0.1, -0.05) is 32.0 Å². The summed E-state index contributed by atoms with van der Waals surface area (Å²) in [5, 5.41) is 8.27. The molecule has 0 atom stereocenters. The Kier molecular flexibility index (Phi) is 6.15. The molecule has 114 valence electrons. The van der Waals surface area contributed by atoms with Gasteiger partial charge in [-0.2, -0.15) is 0 Å². The molecule has 0 aliphatic rings. The van der Waals surface area contributed by atoms with Gasteiger partial charge >= 0.3 is 0 Å². The Bertz CT molecular complexity index is 563. The molecular formula is C18H27N3. The van der Waals surface area contributed by atoms with Gasteiger partial charge in [-0.15, -0.1) is 0 Å². The van der Waals surface area contributed by atoms with Crippen LogP contribution in [0.2, 0.25) is 0 Å². The highest BCUT2D eigenvalue weighted by molar-refractivity contribution is 5.82. The molecule has 1 aromatic heterocycles. The molecular weight excluding hydrogens is 258 g/mol. The van der Waals surface area contributed by atoms with Gasteiger partial charge in [-0.05, 0) is 56.6 Å². The van der Waals surface area contributed by atoms with Gasteiger partial charge in [0.05, 0.1) is 5.52 Å². The second kappa shape index (κ2) is 8.11. The first kappa shape index (κ1) is 15.9. The van der Waals surface area contributed by atoms with Crippen molar-refractivity contribution >= 4 is 10.9 Å².